The fourth-order valence-electron chi connectivity index (χ4n) is 4.22. The predicted molar refractivity (Wildman–Crippen MR) is 157 cm³/mol. The number of carboxylic acid groups (broad SMARTS) is 1. The van der Waals surface area contributed by atoms with Crippen LogP contribution in [0.3, 0.4) is 0 Å². The summed E-state index contributed by atoms with van der Waals surface area (Å²) in [7, 11) is 1.64. The van der Waals surface area contributed by atoms with Crippen LogP contribution >= 0.6 is 11.6 Å². The van der Waals surface area contributed by atoms with Crippen molar-refractivity contribution in [1.29, 1.82) is 0 Å². The maximum absolute atomic E-state index is 13.1. The first kappa shape index (κ1) is 27.7. The molecule has 0 unspecified atom stereocenters. The number of carbonyl (C=O) groups excluding carboxylic acids is 1. The zero-order valence-corrected chi connectivity index (χ0v) is 22.5. The number of halogens is 1. The molecule has 0 aliphatic carbocycles. The molecule has 0 bridgehead atoms. The van der Waals surface area contributed by atoms with Crippen molar-refractivity contribution in [2.45, 2.75) is 13.5 Å². The van der Waals surface area contributed by atoms with Gasteiger partial charge in [-0.05, 0) is 66.1 Å². The molecule has 7 nitrogen and oxygen atoms in total. The lowest BCUT2D eigenvalue weighted by atomic mass is 9.98. The van der Waals surface area contributed by atoms with Gasteiger partial charge in [0.05, 0.1) is 23.5 Å². The van der Waals surface area contributed by atoms with Gasteiger partial charge in [0, 0.05) is 30.9 Å². The van der Waals surface area contributed by atoms with Crippen LogP contribution in [0.5, 0.6) is 0 Å². The van der Waals surface area contributed by atoms with Crippen molar-refractivity contribution in [3.63, 3.8) is 0 Å². The maximum atomic E-state index is 13.1. The van der Waals surface area contributed by atoms with E-state index < -0.39 is 12.0 Å². The highest BCUT2D eigenvalue weighted by Crippen LogP contribution is 2.34. The topological polar surface area (TPSA) is 90.9 Å². The Morgan fingerprint density at radius 1 is 0.923 bits per heavy atom. The Hall–Kier alpha value is -4.33. The zero-order chi connectivity index (χ0) is 27.8. The van der Waals surface area contributed by atoms with Gasteiger partial charge in [0.25, 0.3) is 0 Å². The first-order chi connectivity index (χ1) is 18.8. The van der Waals surface area contributed by atoms with Crippen molar-refractivity contribution in [3.8, 4) is 11.1 Å². The Bertz CT molecular complexity index is 1440. The van der Waals surface area contributed by atoms with Crippen LogP contribution in [-0.4, -0.2) is 37.4 Å². The fraction of sp³-hybridized carbons (Fsp3) is 0.161. The molecule has 0 saturated heterocycles. The number of amides is 2. The monoisotopic (exact) mass is 543 g/mol. The molecule has 3 N–H and O–H groups in total. The average molecular weight is 544 g/mol. The zero-order valence-electron chi connectivity index (χ0n) is 21.8. The van der Waals surface area contributed by atoms with Crippen LogP contribution in [0.4, 0.5) is 21.9 Å². The minimum Gasteiger partial charge on any atom is -0.478 e. The Kier molecular flexibility index (Phi) is 9.20. The number of aryl methyl sites for hydroxylation is 1. The van der Waals surface area contributed by atoms with Crippen molar-refractivity contribution < 1.29 is 19.4 Å². The first-order valence-corrected chi connectivity index (χ1v) is 12.8. The van der Waals surface area contributed by atoms with Gasteiger partial charge in [0.1, 0.15) is 0 Å². The lowest BCUT2D eigenvalue weighted by Crippen LogP contribution is -2.29. The standard InChI is InChI=1S/C31H30ClN3O4/c1-21-7-14-25(15-8-21)33-31(38)34-28-19-23(26-5-3-4-6-27(26)30(36)37)11-16-29(28)35(17-18-39-2)20-22-9-12-24(32)13-10-22/h3-16,19H,17-18,20H2,1-2H3,(H,36,37)(H2,33,34,38). The highest BCUT2D eigenvalue weighted by Gasteiger charge is 2.18. The number of nitrogens with one attached hydrogen (secondary N) is 2. The van der Waals surface area contributed by atoms with Gasteiger partial charge in [-0.3, -0.25) is 0 Å². The molecule has 0 spiro atoms. The molecule has 0 atom stereocenters. The van der Waals surface area contributed by atoms with Crippen LogP contribution < -0.4 is 15.5 Å². The second-order valence-corrected chi connectivity index (χ2v) is 9.51. The van der Waals surface area contributed by atoms with E-state index in [1.54, 1.807) is 37.4 Å². The van der Waals surface area contributed by atoms with Crippen molar-refractivity contribution in [1.82, 2.24) is 0 Å². The number of nitrogens with zero attached hydrogens (tertiary/aromatic N) is 1. The number of carboxylic acids is 1. The van der Waals surface area contributed by atoms with E-state index >= 15 is 0 Å². The SMILES string of the molecule is COCCN(Cc1ccc(Cl)cc1)c1ccc(-c2ccccc2C(=O)O)cc1NC(=O)Nc1ccc(C)cc1. The maximum Gasteiger partial charge on any atom is 0.336 e. The quantitative estimate of drug-likeness (QED) is 0.195. The summed E-state index contributed by atoms with van der Waals surface area (Å²) in [6.07, 6.45) is 0. The second-order valence-electron chi connectivity index (χ2n) is 9.07. The van der Waals surface area contributed by atoms with Crippen LogP contribution in [-0.2, 0) is 11.3 Å². The number of hydrogen-bond donors (Lipinski definition) is 3. The number of anilines is 3. The molecular formula is C31H30ClN3O4. The number of ether oxygens (including phenoxy) is 1. The van der Waals surface area contributed by atoms with E-state index in [1.165, 1.54) is 0 Å². The van der Waals surface area contributed by atoms with Gasteiger partial charge >= 0.3 is 12.0 Å². The fourth-order valence-corrected chi connectivity index (χ4v) is 4.34. The number of benzene rings is 4. The molecule has 0 fully saturated rings. The minimum atomic E-state index is -1.02. The van der Waals surface area contributed by atoms with E-state index in [0.29, 0.717) is 47.2 Å². The lowest BCUT2D eigenvalue weighted by molar-refractivity contribution is 0.0697. The van der Waals surface area contributed by atoms with Crippen molar-refractivity contribution in [2.75, 3.05) is 35.8 Å². The second kappa shape index (κ2) is 13.0. The Labute approximate surface area is 233 Å². The van der Waals surface area contributed by atoms with Gasteiger partial charge in [-0.15, -0.1) is 0 Å². The van der Waals surface area contributed by atoms with Crippen LogP contribution in [0.1, 0.15) is 21.5 Å². The van der Waals surface area contributed by atoms with Crippen LogP contribution in [0, 0.1) is 6.92 Å². The summed E-state index contributed by atoms with van der Waals surface area (Å²) in [4.78, 5) is 27.1. The molecule has 39 heavy (non-hydrogen) atoms. The number of carbonyl (C=O) groups is 2. The molecule has 0 aliphatic heterocycles. The minimum absolute atomic E-state index is 0.178. The van der Waals surface area contributed by atoms with Gasteiger partial charge in [0.15, 0.2) is 0 Å². The normalized spacial score (nSPS) is 10.6. The summed E-state index contributed by atoms with van der Waals surface area (Å²) in [5.74, 6) is -1.02. The van der Waals surface area contributed by atoms with E-state index in [4.69, 9.17) is 16.3 Å². The molecule has 4 aromatic carbocycles. The van der Waals surface area contributed by atoms with Gasteiger partial charge in [0.2, 0.25) is 0 Å². The number of methoxy groups -OCH3 is 1. The van der Waals surface area contributed by atoms with E-state index in [-0.39, 0.29) is 5.56 Å². The highest BCUT2D eigenvalue weighted by atomic mass is 35.5. The lowest BCUT2D eigenvalue weighted by Gasteiger charge is -2.28. The van der Waals surface area contributed by atoms with Gasteiger partial charge < -0.3 is 25.4 Å². The largest absolute Gasteiger partial charge is 0.478 e. The Balaban J connectivity index is 1.73. The summed E-state index contributed by atoms with van der Waals surface area (Å²) in [5.41, 5.74) is 5.47. The predicted octanol–water partition coefficient (Wildman–Crippen LogP) is 7.31. The molecule has 0 saturated carbocycles. The van der Waals surface area contributed by atoms with Gasteiger partial charge in [-0.25, -0.2) is 9.59 Å². The summed E-state index contributed by atoms with van der Waals surface area (Å²) >= 11 is 6.09. The molecule has 0 aliphatic rings. The van der Waals surface area contributed by atoms with E-state index in [9.17, 15) is 14.7 Å². The average Bonchev–Trinajstić information content (AvgIpc) is 2.93. The van der Waals surface area contributed by atoms with E-state index in [1.807, 2.05) is 67.6 Å². The Morgan fingerprint density at radius 3 is 2.33 bits per heavy atom. The van der Waals surface area contributed by atoms with Crippen LogP contribution in [0.25, 0.3) is 11.1 Å². The third kappa shape index (κ3) is 7.37. The molecule has 200 valence electrons. The van der Waals surface area contributed by atoms with Crippen LogP contribution in [0.2, 0.25) is 5.02 Å². The molecule has 4 rings (SSSR count). The summed E-state index contributed by atoms with van der Waals surface area (Å²) < 4.78 is 5.37. The van der Waals surface area contributed by atoms with Crippen molar-refractivity contribution >= 4 is 40.7 Å². The molecular weight excluding hydrogens is 514 g/mol. The molecule has 0 aromatic heterocycles. The van der Waals surface area contributed by atoms with Gasteiger partial charge in [-0.1, -0.05) is 65.7 Å². The van der Waals surface area contributed by atoms with Crippen molar-refractivity contribution in [2.24, 2.45) is 0 Å². The van der Waals surface area contributed by atoms with Gasteiger partial charge in [-0.2, -0.15) is 0 Å². The number of rotatable bonds is 10. The Morgan fingerprint density at radius 2 is 1.64 bits per heavy atom. The van der Waals surface area contributed by atoms with Crippen molar-refractivity contribution in [3.05, 3.63) is 113 Å². The molecule has 2 amide bonds. The smallest absolute Gasteiger partial charge is 0.336 e. The number of urea groups is 1. The van der Waals surface area contributed by atoms with E-state index in [0.717, 1.165) is 16.8 Å². The van der Waals surface area contributed by atoms with E-state index in [2.05, 4.69) is 15.5 Å². The number of aromatic carboxylic acids is 1. The summed E-state index contributed by atoms with van der Waals surface area (Å²) in [6.45, 7) is 3.54. The molecule has 0 radical (unpaired) electrons. The first-order valence-electron chi connectivity index (χ1n) is 12.4. The summed E-state index contributed by atoms with van der Waals surface area (Å²) in [6, 6.07) is 27.0. The molecule has 0 heterocycles. The molecule has 4 aromatic rings. The third-order valence-electron chi connectivity index (χ3n) is 6.22. The number of hydrogen-bond acceptors (Lipinski definition) is 4. The van der Waals surface area contributed by atoms with Crippen LogP contribution in [0.15, 0.2) is 91.0 Å². The highest BCUT2D eigenvalue weighted by molar-refractivity contribution is 6.30. The molecule has 8 heteroatoms. The summed E-state index contributed by atoms with van der Waals surface area (Å²) in [5, 5.41) is 16.2. The third-order valence-corrected chi connectivity index (χ3v) is 6.47.